The van der Waals surface area contributed by atoms with E-state index >= 15 is 0 Å². The van der Waals surface area contributed by atoms with Crippen molar-refractivity contribution in [2.24, 2.45) is 7.05 Å². The molecule has 0 fully saturated rings. The van der Waals surface area contributed by atoms with Gasteiger partial charge < -0.3 is 9.55 Å². The molecule has 3 aromatic heterocycles. The molecule has 3 heterocycles. The number of fused-ring (bicyclic) bond motifs is 1. The first kappa shape index (κ1) is 19.7. The van der Waals surface area contributed by atoms with Crippen LogP contribution in [0.3, 0.4) is 0 Å². The third kappa shape index (κ3) is 3.80. The molecule has 31 heavy (non-hydrogen) atoms. The van der Waals surface area contributed by atoms with Crippen LogP contribution in [-0.4, -0.2) is 24.7 Å². The quantitative estimate of drug-likeness (QED) is 0.383. The lowest BCUT2D eigenvalue weighted by Gasteiger charge is -2.05. The molecule has 8 heteroatoms. The van der Waals surface area contributed by atoms with Gasteiger partial charge in [-0.15, -0.1) is 21.5 Å². The zero-order chi connectivity index (χ0) is 21.4. The number of benzene rings is 2. The molecule has 5 aromatic rings. The number of aromatic amines is 1. The number of rotatable bonds is 5. The third-order valence-electron chi connectivity index (χ3n) is 5.03. The molecule has 0 saturated carbocycles. The molecule has 0 spiro atoms. The fourth-order valence-electron chi connectivity index (χ4n) is 3.50. The number of aryl methyl sites for hydroxylation is 1. The Bertz CT molecular complexity index is 1440. The van der Waals surface area contributed by atoms with E-state index in [1.54, 1.807) is 0 Å². The maximum Gasteiger partial charge on any atom is 0.260 e. The minimum absolute atomic E-state index is 0.112. The van der Waals surface area contributed by atoms with Crippen molar-refractivity contribution in [3.8, 4) is 22.5 Å². The lowest BCUT2D eigenvalue weighted by atomic mass is 10.1. The van der Waals surface area contributed by atoms with E-state index in [0.29, 0.717) is 17.0 Å². The standard InChI is InChI=1S/C23H19N5OS2/c1-14-7-6-10-16(11-14)20-26-27-23(28(20)2)31-13-18-24-21(29)19-17(12-30-22(19)25-18)15-8-4-3-5-9-15/h3-12H,13H2,1-2H3,(H,24,25,29). The molecule has 0 amide bonds. The van der Waals surface area contributed by atoms with Crippen molar-refractivity contribution in [1.82, 2.24) is 24.7 Å². The van der Waals surface area contributed by atoms with E-state index in [9.17, 15) is 4.79 Å². The summed E-state index contributed by atoms with van der Waals surface area (Å²) in [6.07, 6.45) is 0. The second-order valence-corrected chi connectivity index (χ2v) is 9.03. The van der Waals surface area contributed by atoms with Crippen molar-refractivity contribution in [2.75, 3.05) is 0 Å². The van der Waals surface area contributed by atoms with E-state index in [1.165, 1.54) is 28.7 Å². The Kier molecular flexibility index (Phi) is 5.17. The van der Waals surface area contributed by atoms with Crippen LogP contribution in [0.25, 0.3) is 32.7 Å². The van der Waals surface area contributed by atoms with Crippen LogP contribution in [-0.2, 0) is 12.8 Å². The highest BCUT2D eigenvalue weighted by molar-refractivity contribution is 7.98. The molecular weight excluding hydrogens is 426 g/mol. The van der Waals surface area contributed by atoms with E-state index in [4.69, 9.17) is 0 Å². The van der Waals surface area contributed by atoms with Gasteiger partial charge in [-0.05, 0) is 18.6 Å². The molecule has 0 atom stereocenters. The van der Waals surface area contributed by atoms with E-state index in [1.807, 2.05) is 59.5 Å². The number of hydrogen-bond donors (Lipinski definition) is 1. The van der Waals surface area contributed by atoms with Crippen molar-refractivity contribution in [3.05, 3.63) is 81.7 Å². The Morgan fingerprint density at radius 1 is 1.06 bits per heavy atom. The van der Waals surface area contributed by atoms with E-state index in [0.717, 1.165) is 32.5 Å². The van der Waals surface area contributed by atoms with Gasteiger partial charge in [0.1, 0.15) is 10.7 Å². The van der Waals surface area contributed by atoms with Gasteiger partial charge in [-0.2, -0.15) is 0 Å². The van der Waals surface area contributed by atoms with Crippen molar-refractivity contribution in [1.29, 1.82) is 0 Å². The Morgan fingerprint density at radius 2 is 1.87 bits per heavy atom. The van der Waals surface area contributed by atoms with Gasteiger partial charge in [-0.25, -0.2) is 4.98 Å². The van der Waals surface area contributed by atoms with Crippen LogP contribution in [0.1, 0.15) is 11.4 Å². The monoisotopic (exact) mass is 445 g/mol. The second-order valence-electron chi connectivity index (χ2n) is 7.23. The predicted octanol–water partition coefficient (Wildman–Crippen LogP) is 5.05. The van der Waals surface area contributed by atoms with Crippen LogP contribution in [0, 0.1) is 6.92 Å². The Morgan fingerprint density at radius 3 is 2.68 bits per heavy atom. The minimum atomic E-state index is -0.112. The molecule has 0 aliphatic rings. The molecule has 0 saturated heterocycles. The summed E-state index contributed by atoms with van der Waals surface area (Å²) < 4.78 is 1.97. The van der Waals surface area contributed by atoms with Gasteiger partial charge in [0.05, 0.1) is 11.1 Å². The largest absolute Gasteiger partial charge is 0.309 e. The molecule has 0 aliphatic carbocycles. The van der Waals surface area contributed by atoms with Gasteiger partial charge in [-0.3, -0.25) is 4.79 Å². The number of thiophene rings is 1. The van der Waals surface area contributed by atoms with Crippen molar-refractivity contribution in [3.63, 3.8) is 0 Å². The summed E-state index contributed by atoms with van der Waals surface area (Å²) >= 11 is 2.99. The van der Waals surface area contributed by atoms with Gasteiger partial charge in [-0.1, -0.05) is 65.9 Å². The predicted molar refractivity (Wildman–Crippen MR) is 126 cm³/mol. The van der Waals surface area contributed by atoms with Crippen LogP contribution in [0.2, 0.25) is 0 Å². The minimum Gasteiger partial charge on any atom is -0.309 e. The SMILES string of the molecule is Cc1cccc(-c2nnc(SCc3nc4scc(-c5ccccc5)c4c(=O)[nH]3)n2C)c1. The Hall–Kier alpha value is -3.23. The molecule has 2 aromatic carbocycles. The summed E-state index contributed by atoms with van der Waals surface area (Å²) in [6, 6.07) is 18.1. The average molecular weight is 446 g/mol. The maximum atomic E-state index is 12.8. The molecule has 0 bridgehead atoms. The third-order valence-corrected chi connectivity index (χ3v) is 6.93. The van der Waals surface area contributed by atoms with Gasteiger partial charge in [0, 0.05) is 23.6 Å². The lowest BCUT2D eigenvalue weighted by molar-refractivity contribution is 0.793. The van der Waals surface area contributed by atoms with Crippen molar-refractivity contribution in [2.45, 2.75) is 17.8 Å². The first-order chi connectivity index (χ1) is 15.1. The highest BCUT2D eigenvalue weighted by Gasteiger charge is 2.15. The van der Waals surface area contributed by atoms with Gasteiger partial charge in [0.2, 0.25) is 0 Å². The topological polar surface area (TPSA) is 76.5 Å². The summed E-state index contributed by atoms with van der Waals surface area (Å²) in [5.74, 6) is 1.95. The summed E-state index contributed by atoms with van der Waals surface area (Å²) in [4.78, 5) is 21.2. The summed E-state index contributed by atoms with van der Waals surface area (Å²) in [5.41, 5.74) is 4.03. The highest BCUT2D eigenvalue weighted by atomic mass is 32.2. The first-order valence-electron chi connectivity index (χ1n) is 9.75. The molecule has 0 aliphatic heterocycles. The number of hydrogen-bond acceptors (Lipinski definition) is 6. The molecule has 6 nitrogen and oxygen atoms in total. The number of thioether (sulfide) groups is 1. The van der Waals surface area contributed by atoms with E-state index in [2.05, 4.69) is 39.2 Å². The molecular formula is C23H19N5OS2. The second kappa shape index (κ2) is 8.13. The highest BCUT2D eigenvalue weighted by Crippen LogP contribution is 2.31. The Labute approximate surface area is 187 Å². The van der Waals surface area contributed by atoms with Gasteiger partial charge >= 0.3 is 0 Å². The number of nitrogens with one attached hydrogen (secondary N) is 1. The van der Waals surface area contributed by atoms with Crippen molar-refractivity contribution < 1.29 is 0 Å². The van der Waals surface area contributed by atoms with Crippen molar-refractivity contribution >= 4 is 33.3 Å². The zero-order valence-corrected chi connectivity index (χ0v) is 18.6. The maximum absolute atomic E-state index is 12.8. The smallest absolute Gasteiger partial charge is 0.260 e. The fourth-order valence-corrected chi connectivity index (χ4v) is 5.25. The average Bonchev–Trinajstić information content (AvgIpc) is 3.37. The molecule has 1 N–H and O–H groups in total. The van der Waals surface area contributed by atoms with E-state index < -0.39 is 0 Å². The number of nitrogens with zero attached hydrogens (tertiary/aromatic N) is 4. The fraction of sp³-hybridized carbons (Fsp3) is 0.130. The first-order valence-corrected chi connectivity index (χ1v) is 11.6. The summed E-state index contributed by atoms with van der Waals surface area (Å²) in [7, 11) is 1.95. The lowest BCUT2D eigenvalue weighted by Crippen LogP contribution is -2.10. The number of aromatic nitrogens is 5. The molecule has 0 unspecified atom stereocenters. The van der Waals surface area contributed by atoms with Gasteiger partial charge in [0.25, 0.3) is 5.56 Å². The number of H-pyrrole nitrogens is 1. The van der Waals surface area contributed by atoms with Crippen LogP contribution in [0.4, 0.5) is 0 Å². The van der Waals surface area contributed by atoms with Crippen LogP contribution < -0.4 is 5.56 Å². The summed E-state index contributed by atoms with van der Waals surface area (Å²) in [6.45, 7) is 2.06. The Balaban J connectivity index is 1.40. The van der Waals surface area contributed by atoms with E-state index in [-0.39, 0.29) is 5.56 Å². The van der Waals surface area contributed by atoms with Crippen LogP contribution in [0.5, 0.6) is 0 Å². The van der Waals surface area contributed by atoms with Crippen LogP contribution >= 0.6 is 23.1 Å². The molecule has 0 radical (unpaired) electrons. The zero-order valence-electron chi connectivity index (χ0n) is 17.0. The summed E-state index contributed by atoms with van der Waals surface area (Å²) in [5, 5.41) is 12.1. The normalized spacial score (nSPS) is 11.3. The van der Waals surface area contributed by atoms with Gasteiger partial charge in [0.15, 0.2) is 11.0 Å². The molecule has 154 valence electrons. The molecule has 5 rings (SSSR count). The van der Waals surface area contributed by atoms with Crippen LogP contribution in [0.15, 0.2) is 69.9 Å².